The van der Waals surface area contributed by atoms with Crippen molar-refractivity contribution in [2.45, 2.75) is 33.1 Å². The van der Waals surface area contributed by atoms with Crippen LogP contribution in [0.5, 0.6) is 5.75 Å². The van der Waals surface area contributed by atoms with Crippen molar-refractivity contribution < 1.29 is 14.2 Å². The highest BCUT2D eigenvalue weighted by molar-refractivity contribution is 5.48. The van der Waals surface area contributed by atoms with Crippen molar-refractivity contribution in [3.05, 3.63) is 28.6 Å². The Morgan fingerprint density at radius 3 is 2.56 bits per heavy atom. The molecular weight excluding hydrogens is 207 g/mol. The molecule has 0 bridgehead atoms. The molecule has 1 atom stereocenters. The summed E-state index contributed by atoms with van der Waals surface area (Å²) < 4.78 is 18.9. The second kappa shape index (κ2) is 5.30. The topological polar surface area (TPSA) is 29.5 Å². The maximum absolute atomic E-state index is 13.7. The molecule has 0 saturated heterocycles. The van der Waals surface area contributed by atoms with Crippen LogP contribution in [0.2, 0.25) is 0 Å². The number of rotatable bonds is 4. The zero-order chi connectivity index (χ0) is 12.3. The van der Waals surface area contributed by atoms with Gasteiger partial charge in [-0.1, -0.05) is 13.8 Å². The Morgan fingerprint density at radius 2 is 2.12 bits per heavy atom. The van der Waals surface area contributed by atoms with E-state index in [0.717, 1.165) is 17.5 Å². The first-order valence-electron chi connectivity index (χ1n) is 5.53. The van der Waals surface area contributed by atoms with E-state index in [0.29, 0.717) is 11.3 Å². The molecule has 0 fully saturated rings. The molecule has 0 aliphatic rings. The third-order valence-electron chi connectivity index (χ3n) is 2.97. The minimum absolute atomic E-state index is 0.0126. The van der Waals surface area contributed by atoms with Gasteiger partial charge in [0.2, 0.25) is 0 Å². The third-order valence-corrected chi connectivity index (χ3v) is 2.97. The van der Waals surface area contributed by atoms with Crippen LogP contribution in [0.25, 0.3) is 0 Å². The van der Waals surface area contributed by atoms with Gasteiger partial charge in [0.1, 0.15) is 11.6 Å². The molecule has 1 aromatic carbocycles. The first-order valence-corrected chi connectivity index (χ1v) is 5.53. The van der Waals surface area contributed by atoms with Crippen LogP contribution in [0.15, 0.2) is 6.07 Å². The largest absolute Gasteiger partial charge is 0.496 e. The van der Waals surface area contributed by atoms with Crippen LogP contribution in [-0.2, 0) is 6.42 Å². The van der Waals surface area contributed by atoms with Gasteiger partial charge < -0.3 is 9.84 Å². The number of aliphatic hydroxyl groups excluding tert-OH is 1. The van der Waals surface area contributed by atoms with Crippen LogP contribution in [0, 0.1) is 12.7 Å². The molecule has 0 saturated carbocycles. The van der Waals surface area contributed by atoms with Gasteiger partial charge in [0, 0.05) is 18.1 Å². The van der Waals surface area contributed by atoms with E-state index < -0.39 is 0 Å². The van der Waals surface area contributed by atoms with Gasteiger partial charge in [-0.05, 0) is 30.5 Å². The van der Waals surface area contributed by atoms with Crippen molar-refractivity contribution in [1.29, 1.82) is 0 Å². The second-order valence-corrected chi connectivity index (χ2v) is 4.02. The first kappa shape index (κ1) is 13.0. The Morgan fingerprint density at radius 1 is 1.50 bits per heavy atom. The minimum Gasteiger partial charge on any atom is -0.496 e. The van der Waals surface area contributed by atoms with E-state index in [2.05, 4.69) is 0 Å². The molecule has 3 heteroatoms. The molecule has 0 aromatic heterocycles. The zero-order valence-corrected chi connectivity index (χ0v) is 10.3. The van der Waals surface area contributed by atoms with Crippen LogP contribution in [0.4, 0.5) is 4.39 Å². The van der Waals surface area contributed by atoms with Crippen LogP contribution in [0.1, 0.15) is 36.5 Å². The highest BCUT2D eigenvalue weighted by atomic mass is 19.1. The number of hydrogen-bond acceptors (Lipinski definition) is 2. The van der Waals surface area contributed by atoms with Crippen LogP contribution in [-0.4, -0.2) is 18.8 Å². The lowest BCUT2D eigenvalue weighted by molar-refractivity contribution is 0.272. The molecule has 0 amide bonds. The summed E-state index contributed by atoms with van der Waals surface area (Å²) in [5.74, 6) is 0.265. The molecular formula is C13H19FO2. The summed E-state index contributed by atoms with van der Waals surface area (Å²) in [6.07, 6.45) is 0.768. The summed E-state index contributed by atoms with van der Waals surface area (Å²) in [5.41, 5.74) is 2.36. The number of halogens is 1. The van der Waals surface area contributed by atoms with Gasteiger partial charge in [-0.2, -0.15) is 0 Å². The molecule has 0 aliphatic carbocycles. The predicted octanol–water partition coefficient (Wildman–Crippen LogP) is 2.80. The third kappa shape index (κ3) is 2.19. The van der Waals surface area contributed by atoms with Crippen molar-refractivity contribution in [3.8, 4) is 5.75 Å². The van der Waals surface area contributed by atoms with Crippen molar-refractivity contribution in [1.82, 2.24) is 0 Å². The van der Waals surface area contributed by atoms with Gasteiger partial charge >= 0.3 is 0 Å². The van der Waals surface area contributed by atoms with Gasteiger partial charge in [0.25, 0.3) is 0 Å². The van der Waals surface area contributed by atoms with Gasteiger partial charge in [-0.3, -0.25) is 0 Å². The molecule has 0 spiro atoms. The summed E-state index contributed by atoms with van der Waals surface area (Å²) in [4.78, 5) is 0. The van der Waals surface area contributed by atoms with Crippen LogP contribution in [0.3, 0.4) is 0 Å². The van der Waals surface area contributed by atoms with Gasteiger partial charge in [-0.25, -0.2) is 4.39 Å². The second-order valence-electron chi connectivity index (χ2n) is 4.02. The van der Waals surface area contributed by atoms with E-state index in [-0.39, 0.29) is 18.3 Å². The van der Waals surface area contributed by atoms with Gasteiger partial charge in [-0.15, -0.1) is 0 Å². The lowest BCUT2D eigenvalue weighted by atomic mass is 9.92. The van der Waals surface area contributed by atoms with Crippen molar-refractivity contribution in [3.63, 3.8) is 0 Å². The summed E-state index contributed by atoms with van der Waals surface area (Å²) in [5, 5.41) is 9.17. The maximum Gasteiger partial charge on any atom is 0.130 e. The normalized spacial score (nSPS) is 12.6. The Kier molecular flexibility index (Phi) is 4.30. The van der Waals surface area contributed by atoms with E-state index in [1.165, 1.54) is 6.07 Å². The summed E-state index contributed by atoms with van der Waals surface area (Å²) >= 11 is 0. The van der Waals surface area contributed by atoms with E-state index in [1.807, 2.05) is 13.8 Å². The Hall–Kier alpha value is -1.09. The quantitative estimate of drug-likeness (QED) is 0.855. The average Bonchev–Trinajstić information content (AvgIpc) is 2.30. The monoisotopic (exact) mass is 226 g/mol. The number of methoxy groups -OCH3 is 1. The Balaban J connectivity index is 3.43. The van der Waals surface area contributed by atoms with Gasteiger partial charge in [0.05, 0.1) is 7.11 Å². The SMILES string of the molecule is CCc1c(C(C)CO)cc(F)c(C)c1OC. The standard InChI is InChI=1S/C13H19FO2/c1-5-10-11(8(2)7-15)6-12(14)9(3)13(10)16-4/h6,8,15H,5,7H2,1-4H3. The van der Waals surface area contributed by atoms with E-state index >= 15 is 0 Å². The van der Waals surface area contributed by atoms with Crippen LogP contribution < -0.4 is 4.74 Å². The van der Waals surface area contributed by atoms with E-state index in [1.54, 1.807) is 14.0 Å². The number of benzene rings is 1. The van der Waals surface area contributed by atoms with Gasteiger partial charge in [0.15, 0.2) is 0 Å². The number of hydrogen-bond donors (Lipinski definition) is 1. The lowest BCUT2D eigenvalue weighted by Crippen LogP contribution is -2.07. The Labute approximate surface area is 96.1 Å². The molecule has 0 heterocycles. The van der Waals surface area contributed by atoms with E-state index in [9.17, 15) is 4.39 Å². The lowest BCUT2D eigenvalue weighted by Gasteiger charge is -2.19. The molecule has 1 unspecified atom stereocenters. The predicted molar refractivity (Wildman–Crippen MR) is 62.6 cm³/mol. The minimum atomic E-state index is -0.274. The highest BCUT2D eigenvalue weighted by Crippen LogP contribution is 2.33. The van der Waals surface area contributed by atoms with Crippen molar-refractivity contribution in [2.75, 3.05) is 13.7 Å². The summed E-state index contributed by atoms with van der Waals surface area (Å²) in [7, 11) is 1.55. The maximum atomic E-state index is 13.7. The molecule has 90 valence electrons. The van der Waals surface area contributed by atoms with E-state index in [4.69, 9.17) is 9.84 Å². The molecule has 0 radical (unpaired) electrons. The highest BCUT2D eigenvalue weighted by Gasteiger charge is 2.18. The fourth-order valence-electron chi connectivity index (χ4n) is 1.98. The van der Waals surface area contributed by atoms with Crippen LogP contribution >= 0.6 is 0 Å². The fourth-order valence-corrected chi connectivity index (χ4v) is 1.98. The zero-order valence-electron chi connectivity index (χ0n) is 10.3. The molecule has 1 N–H and O–H groups in total. The molecule has 2 nitrogen and oxygen atoms in total. The molecule has 16 heavy (non-hydrogen) atoms. The fraction of sp³-hybridized carbons (Fsp3) is 0.538. The summed E-state index contributed by atoms with van der Waals surface area (Å²) in [6, 6.07) is 1.51. The molecule has 0 aliphatic heterocycles. The smallest absolute Gasteiger partial charge is 0.130 e. The molecule has 1 aromatic rings. The van der Waals surface area contributed by atoms with Crippen molar-refractivity contribution in [2.24, 2.45) is 0 Å². The van der Waals surface area contributed by atoms with Crippen molar-refractivity contribution >= 4 is 0 Å². The molecule has 1 rings (SSSR count). The number of aliphatic hydroxyl groups is 1. The number of ether oxygens (including phenoxy) is 1. The Bertz CT molecular complexity index is 375. The summed E-state index contributed by atoms with van der Waals surface area (Å²) in [6.45, 7) is 5.60. The first-order chi connectivity index (χ1) is 7.56. The average molecular weight is 226 g/mol.